The second-order valence-electron chi connectivity index (χ2n) is 5.52. The van der Waals surface area contributed by atoms with Crippen LogP contribution in [-0.4, -0.2) is 25.4 Å². The first kappa shape index (κ1) is 15.2. The summed E-state index contributed by atoms with van der Waals surface area (Å²) in [7, 11) is 0. The summed E-state index contributed by atoms with van der Waals surface area (Å²) < 4.78 is 11.5. The number of ether oxygens (including phenoxy) is 2. The predicted molar refractivity (Wildman–Crippen MR) is 83.5 cm³/mol. The van der Waals surface area contributed by atoms with Crippen molar-refractivity contribution in [2.45, 2.75) is 58.1 Å². The summed E-state index contributed by atoms with van der Waals surface area (Å²) in [4.78, 5) is 0. The lowest BCUT2D eigenvalue weighted by molar-refractivity contribution is 0.00598. The third-order valence-electron chi connectivity index (χ3n) is 3.66. The van der Waals surface area contributed by atoms with E-state index in [0.29, 0.717) is 12.1 Å². The van der Waals surface area contributed by atoms with Crippen molar-refractivity contribution in [1.29, 1.82) is 0 Å². The van der Waals surface area contributed by atoms with Gasteiger partial charge < -0.3 is 14.8 Å². The van der Waals surface area contributed by atoms with Crippen LogP contribution in [0.5, 0.6) is 5.75 Å². The third-order valence-corrected chi connectivity index (χ3v) is 3.66. The minimum absolute atomic E-state index is 0.422. The van der Waals surface area contributed by atoms with Gasteiger partial charge in [0, 0.05) is 24.4 Å². The maximum atomic E-state index is 5.80. The van der Waals surface area contributed by atoms with E-state index in [1.54, 1.807) is 0 Å². The molecule has 0 amide bonds. The van der Waals surface area contributed by atoms with Gasteiger partial charge >= 0.3 is 0 Å². The molecule has 1 saturated heterocycles. The number of benzene rings is 1. The van der Waals surface area contributed by atoms with Crippen molar-refractivity contribution in [2.75, 3.05) is 18.5 Å². The van der Waals surface area contributed by atoms with Crippen molar-refractivity contribution in [2.24, 2.45) is 0 Å². The molecule has 112 valence electrons. The minimum Gasteiger partial charge on any atom is -0.494 e. The van der Waals surface area contributed by atoms with Gasteiger partial charge in [0.05, 0.1) is 12.7 Å². The van der Waals surface area contributed by atoms with Crippen LogP contribution in [0.25, 0.3) is 0 Å². The van der Waals surface area contributed by atoms with Crippen LogP contribution in [0.15, 0.2) is 24.3 Å². The molecule has 0 saturated carbocycles. The van der Waals surface area contributed by atoms with E-state index < -0.39 is 0 Å². The van der Waals surface area contributed by atoms with E-state index in [2.05, 4.69) is 37.4 Å². The van der Waals surface area contributed by atoms with Crippen molar-refractivity contribution in [3.8, 4) is 5.75 Å². The van der Waals surface area contributed by atoms with Crippen LogP contribution in [0, 0.1) is 0 Å². The van der Waals surface area contributed by atoms with Crippen molar-refractivity contribution in [3.05, 3.63) is 24.3 Å². The van der Waals surface area contributed by atoms with E-state index in [1.807, 2.05) is 6.07 Å². The lowest BCUT2D eigenvalue weighted by Crippen LogP contribution is -2.33. The predicted octanol–water partition coefficient (Wildman–Crippen LogP) is 4.24. The lowest BCUT2D eigenvalue weighted by atomic mass is 10.00. The Bertz CT molecular complexity index is 392. The van der Waals surface area contributed by atoms with Crippen molar-refractivity contribution in [3.63, 3.8) is 0 Å². The summed E-state index contributed by atoms with van der Waals surface area (Å²) >= 11 is 0. The van der Waals surface area contributed by atoms with E-state index in [-0.39, 0.29) is 0 Å². The van der Waals surface area contributed by atoms with E-state index in [9.17, 15) is 0 Å². The highest BCUT2D eigenvalue weighted by Crippen LogP contribution is 2.23. The number of hydrogen-bond donors (Lipinski definition) is 1. The molecule has 0 aliphatic carbocycles. The van der Waals surface area contributed by atoms with Crippen molar-refractivity contribution in [1.82, 2.24) is 0 Å². The molecule has 2 unspecified atom stereocenters. The van der Waals surface area contributed by atoms with E-state index >= 15 is 0 Å². The first-order valence-electron chi connectivity index (χ1n) is 7.92. The Morgan fingerprint density at radius 1 is 1.30 bits per heavy atom. The molecule has 2 rings (SSSR count). The summed E-state index contributed by atoms with van der Waals surface area (Å²) in [6.45, 7) is 5.99. The van der Waals surface area contributed by atoms with Crippen LogP contribution >= 0.6 is 0 Å². The summed E-state index contributed by atoms with van der Waals surface area (Å²) in [5, 5.41) is 3.63. The van der Waals surface area contributed by atoms with Gasteiger partial charge in [-0.3, -0.25) is 0 Å². The Kier molecular flexibility index (Phi) is 6.19. The zero-order valence-corrected chi connectivity index (χ0v) is 12.7. The maximum Gasteiger partial charge on any atom is 0.121 e. The highest BCUT2D eigenvalue weighted by molar-refractivity contribution is 5.48. The summed E-state index contributed by atoms with van der Waals surface area (Å²) in [5.74, 6) is 0.953. The standard InChI is InChI=1S/C17H27NO2/c1-3-6-16-13-15(9-11-20-16)18-14-7-5-8-17(12-14)19-10-4-2/h5,7-8,12,15-16,18H,3-4,6,9-11,13H2,1-2H3. The van der Waals surface area contributed by atoms with Gasteiger partial charge in [0.15, 0.2) is 0 Å². The number of anilines is 1. The summed E-state index contributed by atoms with van der Waals surface area (Å²) in [6.07, 6.45) is 6.01. The zero-order chi connectivity index (χ0) is 14.2. The van der Waals surface area contributed by atoms with Crippen LogP contribution in [-0.2, 0) is 4.74 Å². The first-order chi connectivity index (χ1) is 9.81. The Hall–Kier alpha value is -1.22. The molecule has 0 aromatic heterocycles. The van der Waals surface area contributed by atoms with Gasteiger partial charge in [-0.2, -0.15) is 0 Å². The fraction of sp³-hybridized carbons (Fsp3) is 0.647. The molecular weight excluding hydrogens is 250 g/mol. The second kappa shape index (κ2) is 8.15. The molecule has 1 aliphatic heterocycles. The second-order valence-corrected chi connectivity index (χ2v) is 5.52. The average molecular weight is 277 g/mol. The van der Waals surface area contributed by atoms with Crippen molar-refractivity contribution < 1.29 is 9.47 Å². The van der Waals surface area contributed by atoms with Gasteiger partial charge in [-0.15, -0.1) is 0 Å². The van der Waals surface area contributed by atoms with E-state index in [4.69, 9.17) is 9.47 Å². The van der Waals surface area contributed by atoms with Gasteiger partial charge in [-0.25, -0.2) is 0 Å². The van der Waals surface area contributed by atoms with Gasteiger partial charge in [0.25, 0.3) is 0 Å². The van der Waals surface area contributed by atoms with E-state index in [1.165, 1.54) is 6.42 Å². The molecule has 20 heavy (non-hydrogen) atoms. The van der Waals surface area contributed by atoms with Gasteiger partial charge in [0.2, 0.25) is 0 Å². The molecule has 0 radical (unpaired) electrons. The highest BCUT2D eigenvalue weighted by Gasteiger charge is 2.21. The molecule has 0 spiro atoms. The summed E-state index contributed by atoms with van der Waals surface area (Å²) in [6, 6.07) is 8.80. The minimum atomic E-state index is 0.422. The van der Waals surface area contributed by atoms with Crippen LogP contribution in [0.2, 0.25) is 0 Å². The number of hydrogen-bond acceptors (Lipinski definition) is 3. The Labute approximate surface area is 122 Å². The monoisotopic (exact) mass is 277 g/mol. The smallest absolute Gasteiger partial charge is 0.121 e. The number of rotatable bonds is 7. The average Bonchev–Trinajstić information content (AvgIpc) is 2.46. The Morgan fingerprint density at radius 3 is 3.00 bits per heavy atom. The zero-order valence-electron chi connectivity index (χ0n) is 12.7. The number of nitrogens with one attached hydrogen (secondary N) is 1. The topological polar surface area (TPSA) is 30.5 Å². The fourth-order valence-electron chi connectivity index (χ4n) is 2.67. The molecule has 1 aromatic rings. The quantitative estimate of drug-likeness (QED) is 0.809. The molecule has 1 N–H and O–H groups in total. The van der Waals surface area contributed by atoms with Gasteiger partial charge in [0.1, 0.15) is 5.75 Å². The van der Waals surface area contributed by atoms with Crippen molar-refractivity contribution >= 4 is 5.69 Å². The van der Waals surface area contributed by atoms with Gasteiger partial charge in [-0.1, -0.05) is 26.3 Å². The lowest BCUT2D eigenvalue weighted by Gasteiger charge is -2.30. The van der Waals surface area contributed by atoms with Crippen LogP contribution in [0.4, 0.5) is 5.69 Å². The Balaban J connectivity index is 1.88. The van der Waals surface area contributed by atoms with E-state index in [0.717, 1.165) is 50.3 Å². The molecule has 3 heteroatoms. The van der Waals surface area contributed by atoms with Crippen LogP contribution in [0.1, 0.15) is 46.0 Å². The first-order valence-corrected chi connectivity index (χ1v) is 7.92. The van der Waals surface area contributed by atoms with Crippen LogP contribution in [0.3, 0.4) is 0 Å². The highest BCUT2D eigenvalue weighted by atomic mass is 16.5. The normalized spacial score (nSPS) is 22.5. The SMILES string of the molecule is CCCOc1cccc(NC2CCOC(CCC)C2)c1. The molecule has 1 fully saturated rings. The summed E-state index contributed by atoms with van der Waals surface area (Å²) in [5.41, 5.74) is 1.15. The molecule has 3 nitrogen and oxygen atoms in total. The molecule has 1 aliphatic rings. The molecular formula is C17H27NO2. The molecule has 1 aromatic carbocycles. The molecule has 0 bridgehead atoms. The van der Waals surface area contributed by atoms with Gasteiger partial charge in [-0.05, 0) is 37.8 Å². The fourth-order valence-corrected chi connectivity index (χ4v) is 2.67. The maximum absolute atomic E-state index is 5.80. The third kappa shape index (κ3) is 4.71. The van der Waals surface area contributed by atoms with Crippen LogP contribution < -0.4 is 10.1 Å². The molecule has 1 heterocycles. The Morgan fingerprint density at radius 2 is 2.20 bits per heavy atom. The molecule has 2 atom stereocenters. The largest absolute Gasteiger partial charge is 0.494 e.